The summed E-state index contributed by atoms with van der Waals surface area (Å²) in [6.45, 7) is 17.5. The molecule has 0 aliphatic heterocycles. The zero-order valence-electron chi connectivity index (χ0n) is 78.4. The Labute approximate surface area is 784 Å². The van der Waals surface area contributed by atoms with Gasteiger partial charge in [-0.2, -0.15) is 11.8 Å². The van der Waals surface area contributed by atoms with E-state index in [-0.39, 0.29) is 92.9 Å². The third kappa shape index (κ3) is 40.9. The lowest BCUT2D eigenvalue weighted by Gasteiger charge is -2.29. The number of rotatable bonds is 62. The molecule has 0 unspecified atom stereocenters. The first-order valence-corrected chi connectivity index (χ1v) is 46.6. The summed E-state index contributed by atoms with van der Waals surface area (Å²) >= 11 is 1.25. The molecule has 0 radical (unpaired) electrons. The topological polar surface area (TPSA) is 688 Å². The number of aliphatic carboxylic acids is 1. The van der Waals surface area contributed by atoms with E-state index < -0.39 is 242 Å². The third-order valence-corrected chi connectivity index (χ3v) is 22.5. The van der Waals surface area contributed by atoms with Gasteiger partial charge in [0.05, 0.1) is 12.6 Å². The fourth-order valence-corrected chi connectivity index (χ4v) is 14.8. The van der Waals surface area contributed by atoms with Crippen LogP contribution in [-0.4, -0.2) is 254 Å². The molecule has 0 bridgehead atoms. The van der Waals surface area contributed by atoms with Crippen LogP contribution in [0.5, 0.6) is 11.5 Å². The number of carboxylic acids is 1. The molecule has 0 aliphatic carbocycles. The minimum atomic E-state index is -1.79. The van der Waals surface area contributed by atoms with E-state index in [0.29, 0.717) is 66.2 Å². The number of thioether (sulfide) groups is 1. The van der Waals surface area contributed by atoms with E-state index in [0.717, 1.165) is 0 Å². The van der Waals surface area contributed by atoms with Crippen molar-refractivity contribution in [2.24, 2.45) is 46.6 Å². The molecule has 0 saturated carbocycles. The minimum absolute atomic E-state index is 0.0127. The van der Waals surface area contributed by atoms with E-state index in [2.05, 4.69) is 84.7 Å². The van der Waals surface area contributed by atoms with Gasteiger partial charge in [-0.1, -0.05) is 104 Å². The van der Waals surface area contributed by atoms with Crippen molar-refractivity contribution in [3.8, 4) is 11.5 Å². The van der Waals surface area contributed by atoms with Crippen LogP contribution >= 0.6 is 11.8 Å². The maximum absolute atomic E-state index is 15.0. The fraction of sp³-hybridized carbons (Fsp3) is 0.582. The molecule has 0 saturated heterocycles. The molecule has 17 amide bonds. The van der Waals surface area contributed by atoms with Crippen LogP contribution in [0.1, 0.15) is 189 Å². The Balaban J connectivity index is 1.67. The van der Waals surface area contributed by atoms with E-state index in [1.807, 2.05) is 0 Å². The molecular formula is C91H140N20O22S. The molecule has 134 heavy (non-hydrogen) atoms. The number of carbonyl (C=O) groups excluding carboxylic acids is 17. The lowest BCUT2D eigenvalue weighted by molar-refractivity contribution is -0.139. The number of hydrogen-bond acceptors (Lipinski definition) is 24. The molecule has 1 heterocycles. The van der Waals surface area contributed by atoms with Gasteiger partial charge in [-0.25, -0.2) is 0 Å². The van der Waals surface area contributed by atoms with Crippen molar-refractivity contribution < 1.29 is 107 Å². The number of aliphatic hydroxyl groups is 1. The molecule has 4 aromatic rings. The van der Waals surface area contributed by atoms with Gasteiger partial charge in [0.2, 0.25) is 100 Å². The van der Waals surface area contributed by atoms with Gasteiger partial charge < -0.3 is 128 Å². The first kappa shape index (κ1) is 114. The van der Waals surface area contributed by atoms with E-state index in [1.54, 1.807) is 92.1 Å². The number of aliphatic hydroxyl groups excluding tert-OH is 1. The first-order valence-electron chi connectivity index (χ1n) is 45.2. The maximum atomic E-state index is 15.0. The minimum Gasteiger partial charge on any atom is -0.508 e. The van der Waals surface area contributed by atoms with Gasteiger partial charge in [-0.05, 0) is 187 Å². The highest BCUT2D eigenvalue weighted by Crippen LogP contribution is 2.23. The Kier molecular flexibility index (Phi) is 49.7. The van der Waals surface area contributed by atoms with Crippen LogP contribution < -0.4 is 103 Å². The van der Waals surface area contributed by atoms with Crippen molar-refractivity contribution in [1.29, 1.82) is 0 Å². The van der Waals surface area contributed by atoms with Crippen molar-refractivity contribution in [2.75, 3.05) is 31.6 Å². The lowest BCUT2D eigenvalue weighted by Crippen LogP contribution is -2.62. The maximum Gasteiger partial charge on any atom is 0.303 e. The standard InChI is InChI=1S/C91H140N20O22S/c1-13-51(8)76(78(95)120)110-74(117)47-97-80(122)62(22-16-18-37-92)100-87(129)70(43-55-24-28-58(114)29-25-55)104-79(121)52(9)98-85(127)67(40-48(2)3)105-82(124)64(32-34-73(94)116)102-88(130)71(44-56-26-30-59(115)31-27-56)108-86(128)68(41-49(4)5)106-83(125)65(33-35-75(118)119)101-84(126)66(36-39-134-12)103-89(131)72(45-57-46-96-61-21-15-14-20-60(57)61)109-91(133)77(53(10)112)111-90(132)69(42-50(6)7)107-81(123)63(99-54(11)113)23-17-19-38-93/h14-15,20-21,24-31,46,48-53,62-72,76-77,96,112,114-115H,13,16-19,22-23,32-45,47,92-93H2,1-12H3,(H2,94,116)(H2,95,120)(H,97,122)(H,98,127)(H,99,113)(H,100,129)(H,101,126)(H,102,130)(H,103,131)(H,104,121)(H,105,124)(H,106,125)(H,107,123)(H,108,128)(H,109,133)(H,110,117)(H,111,132)(H,118,119)/t51-,52-,53+,62-,63-,64-,65-,66-,67-,68-,69-,70-,71-,72-,76-,77-/m0/s1. The summed E-state index contributed by atoms with van der Waals surface area (Å²) in [5, 5.41) is 81.1. The number of benzene rings is 3. The molecule has 1 aromatic heterocycles. The number of unbranched alkanes of at least 4 members (excludes halogenated alkanes) is 2. The number of primary amides is 2. The summed E-state index contributed by atoms with van der Waals surface area (Å²) in [5.41, 5.74) is 24.4. The van der Waals surface area contributed by atoms with Gasteiger partial charge in [0.25, 0.3) is 0 Å². The normalized spacial score (nSPS) is 14.9. The number of nitrogens with two attached hydrogens (primary N) is 4. The van der Waals surface area contributed by atoms with Crippen LogP contribution in [0.4, 0.5) is 0 Å². The number of aromatic amines is 1. The number of aromatic hydroxyl groups is 2. The van der Waals surface area contributed by atoms with Crippen LogP contribution in [0.2, 0.25) is 0 Å². The number of carboxylic acid groups (broad SMARTS) is 1. The summed E-state index contributed by atoms with van der Waals surface area (Å²) < 4.78 is 0. The number of amides is 17. The van der Waals surface area contributed by atoms with Gasteiger partial charge in [0.15, 0.2) is 0 Å². The Morgan fingerprint density at radius 1 is 0.410 bits per heavy atom. The molecule has 742 valence electrons. The highest BCUT2D eigenvalue weighted by molar-refractivity contribution is 7.98. The summed E-state index contributed by atoms with van der Waals surface area (Å²) in [7, 11) is 0. The summed E-state index contributed by atoms with van der Waals surface area (Å²) in [5.74, 6) is -18.5. The Bertz CT molecular complexity index is 4590. The van der Waals surface area contributed by atoms with Crippen LogP contribution in [0.15, 0.2) is 79.0 Å². The van der Waals surface area contributed by atoms with Gasteiger partial charge >= 0.3 is 5.97 Å². The molecular weight excluding hydrogens is 1760 g/mol. The summed E-state index contributed by atoms with van der Waals surface area (Å²) in [4.78, 5) is 255. The third-order valence-electron chi connectivity index (χ3n) is 21.9. The molecule has 4 rings (SSSR count). The van der Waals surface area contributed by atoms with Crippen molar-refractivity contribution in [2.45, 2.75) is 282 Å². The molecule has 0 spiro atoms. The predicted octanol–water partition coefficient (Wildman–Crippen LogP) is -1.26. The zero-order chi connectivity index (χ0) is 100. The van der Waals surface area contributed by atoms with Crippen LogP contribution in [-0.2, 0) is 106 Å². The lowest BCUT2D eigenvalue weighted by atomic mass is 9.98. The number of aromatic nitrogens is 1. The number of nitrogens with one attached hydrogen (secondary N) is 16. The second kappa shape index (κ2) is 58.5. The van der Waals surface area contributed by atoms with Gasteiger partial charge in [0.1, 0.15) is 96.1 Å². The largest absolute Gasteiger partial charge is 0.508 e. The SMILES string of the molecule is CC[C@H](C)[C@H](NC(=O)CNC(=O)[C@H](CCCCN)NC(=O)[C@H](Cc1ccc(O)cc1)NC(=O)[C@H](C)NC(=O)[C@H](CC(C)C)NC(=O)[C@H](CCC(N)=O)NC(=O)[C@H](Cc1ccc(O)cc1)NC(=O)[C@H](CC(C)C)NC(=O)[C@H](CCC(=O)O)NC(=O)[C@H](CCSC)NC(=O)[C@H](Cc1c[nH]c2ccccc12)NC(=O)[C@@H](NC(=O)[C@H](CC(C)C)NC(=O)[C@H](CCCCN)NC(C)=O)[C@@H](C)O)C(N)=O. The van der Waals surface area contributed by atoms with E-state index in [4.69, 9.17) is 22.9 Å². The molecule has 16 atom stereocenters. The summed E-state index contributed by atoms with van der Waals surface area (Å²) in [6.07, 6.45) is 0.321. The van der Waals surface area contributed by atoms with Crippen molar-refractivity contribution >= 4 is 129 Å². The second-order valence-corrected chi connectivity index (χ2v) is 35.8. The van der Waals surface area contributed by atoms with E-state index in [9.17, 15) is 92.3 Å². The number of hydrogen-bond donors (Lipinski definition) is 24. The fourth-order valence-electron chi connectivity index (χ4n) is 14.4. The number of H-pyrrole nitrogens is 1. The highest BCUT2D eigenvalue weighted by Gasteiger charge is 2.40. The van der Waals surface area contributed by atoms with Crippen molar-refractivity contribution in [3.63, 3.8) is 0 Å². The van der Waals surface area contributed by atoms with Crippen LogP contribution in [0, 0.1) is 23.7 Å². The number of phenolic OH excluding ortho intramolecular Hbond substituents is 2. The first-order chi connectivity index (χ1) is 63.3. The van der Waals surface area contributed by atoms with Crippen molar-refractivity contribution in [1.82, 2.24) is 84.7 Å². The highest BCUT2D eigenvalue weighted by atomic mass is 32.2. The monoisotopic (exact) mass is 1900 g/mol. The number of phenols is 2. The van der Waals surface area contributed by atoms with Gasteiger partial charge in [-0.15, -0.1) is 0 Å². The number of carbonyl (C=O) groups is 18. The Morgan fingerprint density at radius 2 is 0.791 bits per heavy atom. The summed E-state index contributed by atoms with van der Waals surface area (Å²) in [6, 6.07) is -2.98. The molecule has 0 aliphatic rings. The van der Waals surface area contributed by atoms with E-state index in [1.165, 1.54) is 81.1 Å². The van der Waals surface area contributed by atoms with Crippen molar-refractivity contribution in [3.05, 3.63) is 95.7 Å². The predicted molar refractivity (Wildman–Crippen MR) is 500 cm³/mol. The van der Waals surface area contributed by atoms with E-state index >= 15 is 14.4 Å². The van der Waals surface area contributed by atoms with Gasteiger partial charge in [0, 0.05) is 56.1 Å². The quantitative estimate of drug-likeness (QED) is 0.0229. The van der Waals surface area contributed by atoms with Crippen LogP contribution in [0.25, 0.3) is 10.9 Å². The average Bonchev–Trinajstić information content (AvgIpc) is 1.65. The smallest absolute Gasteiger partial charge is 0.303 e. The van der Waals surface area contributed by atoms with Gasteiger partial charge in [-0.3, -0.25) is 86.3 Å². The molecule has 43 heteroatoms. The molecule has 3 aromatic carbocycles. The molecule has 0 fully saturated rings. The molecule has 42 nitrogen and oxygen atoms in total. The number of para-hydroxylation sites is 1. The second-order valence-electron chi connectivity index (χ2n) is 34.9. The average molecular weight is 1900 g/mol. The Morgan fingerprint density at radius 3 is 1.21 bits per heavy atom. The Hall–Kier alpha value is -12.5. The van der Waals surface area contributed by atoms with Crippen LogP contribution in [0.3, 0.4) is 0 Å². The zero-order valence-corrected chi connectivity index (χ0v) is 79.2. The number of fused-ring (bicyclic) bond motifs is 1. The molecule has 28 N–H and O–H groups in total.